The monoisotopic (exact) mass is 471 g/mol. The maximum absolute atomic E-state index is 13.3. The van der Waals surface area contributed by atoms with Crippen molar-refractivity contribution in [2.24, 2.45) is 5.73 Å². The molecule has 0 aliphatic carbocycles. The fourth-order valence-electron chi connectivity index (χ4n) is 4.32. The van der Waals surface area contributed by atoms with Crippen LogP contribution in [-0.2, 0) is 22.6 Å². The van der Waals surface area contributed by atoms with E-state index in [0.717, 1.165) is 5.56 Å². The first-order chi connectivity index (χ1) is 15.7. The fourth-order valence-corrected chi connectivity index (χ4v) is 4.54. The number of carbonyl (C=O) groups is 4. The van der Waals surface area contributed by atoms with E-state index < -0.39 is 18.0 Å². The van der Waals surface area contributed by atoms with Crippen LogP contribution in [-0.4, -0.2) is 41.9 Å². The number of amides is 4. The number of fused-ring (bicyclic) bond motifs is 1. The third-order valence-electron chi connectivity index (χ3n) is 5.90. The number of halogens is 1. The lowest BCUT2D eigenvalue weighted by Crippen LogP contribution is -2.52. The van der Waals surface area contributed by atoms with E-state index in [4.69, 9.17) is 26.8 Å². The van der Waals surface area contributed by atoms with Crippen LogP contribution in [0.15, 0.2) is 24.3 Å². The van der Waals surface area contributed by atoms with Gasteiger partial charge in [0.2, 0.25) is 11.8 Å². The van der Waals surface area contributed by atoms with Gasteiger partial charge in [-0.05, 0) is 36.1 Å². The van der Waals surface area contributed by atoms with Gasteiger partial charge in [0.25, 0.3) is 5.91 Å². The van der Waals surface area contributed by atoms with Gasteiger partial charge in [0.1, 0.15) is 17.5 Å². The number of primary amides is 1. The number of rotatable bonds is 5. The predicted molar refractivity (Wildman–Crippen MR) is 118 cm³/mol. The van der Waals surface area contributed by atoms with Crippen molar-refractivity contribution in [2.75, 3.05) is 7.11 Å². The molecule has 1 unspecified atom stereocenters. The molecular formula is C23H22ClN3O6. The van der Waals surface area contributed by atoms with Crippen LogP contribution < -0.4 is 20.5 Å². The third kappa shape index (κ3) is 4.11. The number of nitrogens with zero attached hydrogens (tertiary/aromatic N) is 1. The van der Waals surface area contributed by atoms with E-state index in [1.54, 1.807) is 18.2 Å². The first-order valence-electron chi connectivity index (χ1n) is 10.3. The average Bonchev–Trinajstić information content (AvgIpc) is 3.09. The van der Waals surface area contributed by atoms with Crippen molar-refractivity contribution in [3.63, 3.8) is 0 Å². The minimum atomic E-state index is -0.966. The number of nitrogens with two attached hydrogens (primary N) is 1. The maximum Gasteiger partial charge on any atom is 0.409 e. The minimum Gasteiger partial charge on any atom is -0.496 e. The molecule has 1 fully saturated rings. The quantitative estimate of drug-likeness (QED) is 0.645. The summed E-state index contributed by atoms with van der Waals surface area (Å²) in [6, 6.07) is 6.21. The minimum absolute atomic E-state index is 0.174. The van der Waals surface area contributed by atoms with Crippen molar-refractivity contribution in [3.8, 4) is 11.5 Å². The molecule has 2 aromatic rings. The first kappa shape index (κ1) is 22.6. The lowest BCUT2D eigenvalue weighted by molar-refractivity contribution is -0.136. The summed E-state index contributed by atoms with van der Waals surface area (Å²) in [6.45, 7) is 2.06. The van der Waals surface area contributed by atoms with E-state index in [2.05, 4.69) is 5.32 Å². The van der Waals surface area contributed by atoms with E-state index >= 15 is 0 Å². The molecule has 1 atom stereocenters. The highest BCUT2D eigenvalue weighted by molar-refractivity contribution is 6.32. The standard InChI is InChI=1S/C23H22ClN3O6/c1-11-3-7-16(33-23(25)31)14(19(11)24)9-12-4-5-13-10-27(22(30)18(13)20(12)32-2)15-6-8-17(28)26-21(15)29/h3-5,7,15H,6,8-10H2,1-2H3,(H2,25,31)(H,26,28,29). The van der Waals surface area contributed by atoms with E-state index in [9.17, 15) is 19.2 Å². The van der Waals surface area contributed by atoms with Crippen LogP contribution in [0, 0.1) is 6.92 Å². The molecule has 33 heavy (non-hydrogen) atoms. The van der Waals surface area contributed by atoms with Gasteiger partial charge in [0.05, 0.1) is 17.7 Å². The molecule has 0 aromatic heterocycles. The van der Waals surface area contributed by atoms with Crippen molar-refractivity contribution >= 4 is 35.4 Å². The van der Waals surface area contributed by atoms with Crippen LogP contribution in [0.4, 0.5) is 4.79 Å². The number of benzene rings is 2. The topological polar surface area (TPSA) is 128 Å². The Hall–Kier alpha value is -3.59. The summed E-state index contributed by atoms with van der Waals surface area (Å²) in [5.74, 6) is -0.593. The largest absolute Gasteiger partial charge is 0.496 e. The van der Waals surface area contributed by atoms with Crippen molar-refractivity contribution in [2.45, 2.75) is 38.8 Å². The summed E-state index contributed by atoms with van der Waals surface area (Å²) in [7, 11) is 1.46. The lowest BCUT2D eigenvalue weighted by Gasteiger charge is -2.29. The zero-order valence-corrected chi connectivity index (χ0v) is 18.8. The molecule has 4 rings (SSSR count). The first-order valence-corrected chi connectivity index (χ1v) is 10.7. The Bertz CT molecular complexity index is 1200. The molecular weight excluding hydrogens is 450 g/mol. The van der Waals surface area contributed by atoms with E-state index in [-0.39, 0.29) is 43.4 Å². The highest BCUT2D eigenvalue weighted by Crippen LogP contribution is 2.39. The summed E-state index contributed by atoms with van der Waals surface area (Å²) in [5, 5.41) is 2.70. The molecule has 3 N–H and O–H groups in total. The molecule has 0 spiro atoms. The van der Waals surface area contributed by atoms with Gasteiger partial charge in [-0.25, -0.2) is 4.79 Å². The number of piperidine rings is 1. The molecule has 4 amide bonds. The number of nitrogens with one attached hydrogen (secondary N) is 1. The zero-order valence-electron chi connectivity index (χ0n) is 18.1. The third-order valence-corrected chi connectivity index (χ3v) is 6.43. The smallest absolute Gasteiger partial charge is 0.409 e. The Balaban J connectivity index is 1.70. The number of ether oxygens (including phenoxy) is 2. The van der Waals surface area contributed by atoms with Gasteiger partial charge in [-0.2, -0.15) is 0 Å². The van der Waals surface area contributed by atoms with Gasteiger partial charge in [-0.3, -0.25) is 19.7 Å². The molecule has 0 radical (unpaired) electrons. The van der Waals surface area contributed by atoms with Gasteiger partial charge >= 0.3 is 6.09 Å². The summed E-state index contributed by atoms with van der Waals surface area (Å²) >= 11 is 6.51. The number of carbonyl (C=O) groups excluding carboxylic acids is 4. The summed E-state index contributed by atoms with van der Waals surface area (Å²) in [5.41, 5.74) is 8.23. The normalized spacial score (nSPS) is 17.6. The van der Waals surface area contributed by atoms with Gasteiger partial charge < -0.3 is 20.1 Å². The molecule has 0 bridgehead atoms. The van der Waals surface area contributed by atoms with Crippen LogP contribution in [0.3, 0.4) is 0 Å². The van der Waals surface area contributed by atoms with Crippen molar-refractivity contribution in [1.29, 1.82) is 0 Å². The molecule has 2 heterocycles. The van der Waals surface area contributed by atoms with Gasteiger partial charge in [-0.15, -0.1) is 0 Å². The predicted octanol–water partition coefficient (Wildman–Crippen LogP) is 2.47. The number of hydrogen-bond donors (Lipinski definition) is 2. The summed E-state index contributed by atoms with van der Waals surface area (Å²) < 4.78 is 10.7. The number of imide groups is 1. The maximum atomic E-state index is 13.3. The highest BCUT2D eigenvalue weighted by atomic mass is 35.5. The second kappa shape index (κ2) is 8.74. The van der Waals surface area contributed by atoms with Gasteiger partial charge in [0, 0.05) is 24.9 Å². The number of hydrogen-bond acceptors (Lipinski definition) is 6. The SMILES string of the molecule is COc1c(Cc2c(OC(N)=O)ccc(C)c2Cl)ccc2c1C(=O)N(C1CCC(=O)NC1=O)C2. The second-order valence-corrected chi connectivity index (χ2v) is 8.34. The fraction of sp³-hybridized carbons (Fsp3) is 0.304. The summed E-state index contributed by atoms with van der Waals surface area (Å²) in [6.07, 6.45) is -0.308. The molecule has 2 aromatic carbocycles. The van der Waals surface area contributed by atoms with Gasteiger partial charge in [-0.1, -0.05) is 29.8 Å². The van der Waals surface area contributed by atoms with Crippen molar-refractivity contribution in [3.05, 3.63) is 57.1 Å². The van der Waals surface area contributed by atoms with E-state index in [1.807, 2.05) is 13.0 Å². The molecule has 1 saturated heterocycles. The van der Waals surface area contributed by atoms with Crippen molar-refractivity contribution in [1.82, 2.24) is 10.2 Å². The van der Waals surface area contributed by atoms with Crippen LogP contribution in [0.25, 0.3) is 0 Å². The molecule has 2 aliphatic rings. The van der Waals surface area contributed by atoms with Crippen LogP contribution in [0.5, 0.6) is 11.5 Å². The second-order valence-electron chi connectivity index (χ2n) is 7.96. The number of methoxy groups -OCH3 is 1. The van der Waals surface area contributed by atoms with Crippen molar-refractivity contribution < 1.29 is 28.7 Å². The zero-order chi connectivity index (χ0) is 23.9. The lowest BCUT2D eigenvalue weighted by atomic mass is 9.97. The molecule has 2 aliphatic heterocycles. The molecule has 172 valence electrons. The van der Waals surface area contributed by atoms with Crippen LogP contribution in [0.2, 0.25) is 5.02 Å². The van der Waals surface area contributed by atoms with Crippen LogP contribution >= 0.6 is 11.6 Å². The Kier molecular flexibility index (Phi) is 5.99. The number of aryl methyl sites for hydroxylation is 1. The Morgan fingerprint density at radius 2 is 2.00 bits per heavy atom. The molecule has 9 nitrogen and oxygen atoms in total. The molecule has 0 saturated carbocycles. The van der Waals surface area contributed by atoms with E-state index in [1.165, 1.54) is 12.0 Å². The average molecular weight is 472 g/mol. The van der Waals surface area contributed by atoms with Gasteiger partial charge in [0.15, 0.2) is 0 Å². The molecule has 10 heteroatoms. The Morgan fingerprint density at radius 3 is 2.67 bits per heavy atom. The summed E-state index contributed by atoms with van der Waals surface area (Å²) in [4.78, 5) is 49.9. The van der Waals surface area contributed by atoms with Crippen LogP contribution in [0.1, 0.15) is 45.5 Å². The highest BCUT2D eigenvalue weighted by Gasteiger charge is 2.41. The Morgan fingerprint density at radius 1 is 1.24 bits per heavy atom. The Labute approximate surface area is 194 Å². The van der Waals surface area contributed by atoms with E-state index in [0.29, 0.717) is 33.0 Å².